The van der Waals surface area contributed by atoms with Crippen LogP contribution in [0.15, 0.2) is 54.1 Å². The van der Waals surface area contributed by atoms with E-state index in [2.05, 4.69) is 0 Å². The molecule has 0 radical (unpaired) electrons. The molecule has 2 aromatic rings. The molecule has 26 heavy (non-hydrogen) atoms. The first kappa shape index (κ1) is 17.7. The number of nitrogens with zero attached hydrogens (tertiary/aromatic N) is 2. The highest BCUT2D eigenvalue weighted by atomic mass is 19.1. The molecule has 1 fully saturated rings. The number of hydrogen-bond donors (Lipinski definition) is 0. The smallest absolute Gasteiger partial charge is 0.264 e. The Balaban J connectivity index is 1.78. The zero-order chi connectivity index (χ0) is 18.4. The van der Waals surface area contributed by atoms with E-state index in [-0.39, 0.29) is 23.9 Å². The van der Waals surface area contributed by atoms with E-state index in [0.717, 1.165) is 18.4 Å². The first-order valence-corrected chi connectivity index (χ1v) is 8.55. The van der Waals surface area contributed by atoms with Gasteiger partial charge in [-0.15, -0.1) is 0 Å². The van der Waals surface area contributed by atoms with Gasteiger partial charge in [0.2, 0.25) is 0 Å². The van der Waals surface area contributed by atoms with Gasteiger partial charge in [0.15, 0.2) is 0 Å². The quantitative estimate of drug-likeness (QED) is 0.606. The number of halogens is 1. The number of ether oxygens (including phenoxy) is 1. The third kappa shape index (κ3) is 4.28. The Bertz CT molecular complexity index is 847. The summed E-state index contributed by atoms with van der Waals surface area (Å²) in [6.45, 7) is 1.66. The molecule has 0 N–H and O–H groups in total. The third-order valence-electron chi connectivity index (χ3n) is 4.27. The molecule has 0 aliphatic carbocycles. The first-order valence-electron chi connectivity index (χ1n) is 8.55. The lowest BCUT2D eigenvalue weighted by atomic mass is 10.1. The molecular weight excluding hydrogens is 331 g/mol. The number of likely N-dealkylation sites (tertiary alicyclic amines) is 1. The fourth-order valence-corrected chi connectivity index (χ4v) is 2.86. The number of amides is 1. The summed E-state index contributed by atoms with van der Waals surface area (Å²) in [6, 6.07) is 15.3. The SMILES string of the molecule is N#C/C(=C\c1ccccc1OCc1ccc(F)cc1)C(=O)N1CCCC1. The van der Waals surface area contributed by atoms with Crippen molar-refractivity contribution in [3.05, 3.63) is 71.0 Å². The highest BCUT2D eigenvalue weighted by Crippen LogP contribution is 2.23. The molecule has 3 rings (SSSR count). The Morgan fingerprint density at radius 1 is 1.15 bits per heavy atom. The largest absolute Gasteiger partial charge is 0.488 e. The van der Waals surface area contributed by atoms with E-state index in [9.17, 15) is 14.4 Å². The minimum absolute atomic E-state index is 0.102. The molecule has 1 aliphatic heterocycles. The van der Waals surface area contributed by atoms with Gasteiger partial charge >= 0.3 is 0 Å². The summed E-state index contributed by atoms with van der Waals surface area (Å²) in [5, 5.41) is 9.40. The summed E-state index contributed by atoms with van der Waals surface area (Å²) in [4.78, 5) is 14.2. The summed E-state index contributed by atoms with van der Waals surface area (Å²) in [5.74, 6) is 0.0355. The van der Waals surface area contributed by atoms with E-state index < -0.39 is 0 Å². The van der Waals surface area contributed by atoms with Crippen LogP contribution in [0.3, 0.4) is 0 Å². The van der Waals surface area contributed by atoms with Crippen molar-refractivity contribution in [1.29, 1.82) is 5.26 Å². The fourth-order valence-electron chi connectivity index (χ4n) is 2.86. The molecule has 0 saturated carbocycles. The molecule has 0 bridgehead atoms. The van der Waals surface area contributed by atoms with Crippen LogP contribution in [0.25, 0.3) is 6.08 Å². The number of carbonyl (C=O) groups excluding carboxylic acids is 1. The van der Waals surface area contributed by atoms with Crippen LogP contribution in [-0.2, 0) is 11.4 Å². The van der Waals surface area contributed by atoms with E-state index >= 15 is 0 Å². The molecule has 1 saturated heterocycles. The lowest BCUT2D eigenvalue weighted by Crippen LogP contribution is -2.28. The second kappa shape index (κ2) is 8.30. The van der Waals surface area contributed by atoms with Gasteiger partial charge in [0.25, 0.3) is 5.91 Å². The van der Waals surface area contributed by atoms with Crippen LogP contribution in [0.5, 0.6) is 5.75 Å². The maximum atomic E-state index is 13.0. The third-order valence-corrected chi connectivity index (χ3v) is 4.27. The summed E-state index contributed by atoms with van der Waals surface area (Å²) < 4.78 is 18.8. The van der Waals surface area contributed by atoms with E-state index in [1.807, 2.05) is 18.2 Å². The van der Waals surface area contributed by atoms with Gasteiger partial charge in [0, 0.05) is 18.7 Å². The average Bonchev–Trinajstić information content (AvgIpc) is 3.20. The van der Waals surface area contributed by atoms with Crippen molar-refractivity contribution in [2.24, 2.45) is 0 Å². The lowest BCUT2D eigenvalue weighted by molar-refractivity contribution is -0.125. The van der Waals surface area contributed by atoms with E-state index in [1.54, 1.807) is 35.2 Å². The zero-order valence-corrected chi connectivity index (χ0v) is 14.3. The predicted octanol–water partition coefficient (Wildman–Crippen LogP) is 3.93. The summed E-state index contributed by atoms with van der Waals surface area (Å²) in [6.07, 6.45) is 3.52. The molecule has 0 unspecified atom stereocenters. The number of hydrogen-bond acceptors (Lipinski definition) is 3. The summed E-state index contributed by atoms with van der Waals surface area (Å²) in [5.41, 5.74) is 1.60. The Kier molecular flexibility index (Phi) is 5.65. The Labute approximate surface area is 152 Å². The van der Waals surface area contributed by atoms with E-state index in [0.29, 0.717) is 24.4 Å². The molecule has 1 aliphatic rings. The van der Waals surface area contributed by atoms with Crippen LogP contribution in [-0.4, -0.2) is 23.9 Å². The highest BCUT2D eigenvalue weighted by Gasteiger charge is 2.21. The molecule has 5 heteroatoms. The van der Waals surface area contributed by atoms with Crippen molar-refractivity contribution in [3.63, 3.8) is 0 Å². The van der Waals surface area contributed by atoms with Crippen molar-refractivity contribution >= 4 is 12.0 Å². The van der Waals surface area contributed by atoms with Crippen LogP contribution >= 0.6 is 0 Å². The van der Waals surface area contributed by atoms with Gasteiger partial charge in [-0.25, -0.2) is 4.39 Å². The van der Waals surface area contributed by atoms with E-state index in [4.69, 9.17) is 4.74 Å². The van der Waals surface area contributed by atoms with Crippen molar-refractivity contribution in [1.82, 2.24) is 4.90 Å². The molecule has 1 heterocycles. The van der Waals surface area contributed by atoms with Crippen molar-refractivity contribution in [2.45, 2.75) is 19.4 Å². The zero-order valence-electron chi connectivity index (χ0n) is 14.3. The van der Waals surface area contributed by atoms with Crippen LogP contribution < -0.4 is 4.74 Å². The molecule has 4 nitrogen and oxygen atoms in total. The van der Waals surface area contributed by atoms with Crippen LogP contribution in [0.1, 0.15) is 24.0 Å². The lowest BCUT2D eigenvalue weighted by Gasteiger charge is -2.14. The van der Waals surface area contributed by atoms with Crippen LogP contribution in [0, 0.1) is 17.1 Å². The van der Waals surface area contributed by atoms with E-state index in [1.165, 1.54) is 12.1 Å². The van der Waals surface area contributed by atoms with Crippen molar-refractivity contribution < 1.29 is 13.9 Å². The van der Waals surface area contributed by atoms with Crippen LogP contribution in [0.2, 0.25) is 0 Å². The predicted molar refractivity (Wildman–Crippen MR) is 96.6 cm³/mol. The highest BCUT2D eigenvalue weighted by molar-refractivity contribution is 6.02. The number of nitriles is 1. The normalized spacial score (nSPS) is 14.2. The molecule has 132 valence electrons. The van der Waals surface area contributed by atoms with Gasteiger partial charge in [-0.1, -0.05) is 30.3 Å². The fraction of sp³-hybridized carbons (Fsp3) is 0.238. The number of para-hydroxylation sites is 1. The molecule has 2 aromatic carbocycles. The first-order chi connectivity index (χ1) is 12.7. The van der Waals surface area contributed by atoms with Gasteiger partial charge in [0.05, 0.1) is 0 Å². The topological polar surface area (TPSA) is 53.3 Å². The van der Waals surface area contributed by atoms with Gasteiger partial charge in [-0.05, 0) is 42.7 Å². The Morgan fingerprint density at radius 2 is 1.85 bits per heavy atom. The van der Waals surface area contributed by atoms with Gasteiger partial charge in [0.1, 0.15) is 29.8 Å². The van der Waals surface area contributed by atoms with Crippen LogP contribution in [0.4, 0.5) is 4.39 Å². The number of carbonyl (C=O) groups is 1. The maximum Gasteiger partial charge on any atom is 0.264 e. The Morgan fingerprint density at radius 3 is 2.54 bits per heavy atom. The minimum Gasteiger partial charge on any atom is -0.488 e. The standard InChI is InChI=1S/C21H19FN2O2/c22-19-9-7-16(8-10-19)15-26-20-6-2-1-5-17(20)13-18(14-23)21(25)24-11-3-4-12-24/h1-2,5-10,13H,3-4,11-12,15H2/b18-13+. The average molecular weight is 350 g/mol. The second-order valence-corrected chi connectivity index (χ2v) is 6.12. The van der Waals surface area contributed by atoms with Gasteiger partial charge in [-0.2, -0.15) is 5.26 Å². The summed E-state index contributed by atoms with van der Waals surface area (Å²) >= 11 is 0. The molecule has 1 amide bonds. The molecule has 0 atom stereocenters. The van der Waals surface area contributed by atoms with Crippen molar-refractivity contribution in [2.75, 3.05) is 13.1 Å². The number of rotatable bonds is 5. The summed E-state index contributed by atoms with van der Waals surface area (Å²) in [7, 11) is 0. The monoisotopic (exact) mass is 350 g/mol. The molecule has 0 spiro atoms. The van der Waals surface area contributed by atoms with Gasteiger partial charge < -0.3 is 9.64 Å². The van der Waals surface area contributed by atoms with Gasteiger partial charge in [-0.3, -0.25) is 4.79 Å². The minimum atomic E-state index is -0.295. The molecular formula is C21H19FN2O2. The Hall–Kier alpha value is -3.13. The maximum absolute atomic E-state index is 13.0. The van der Waals surface area contributed by atoms with Crippen molar-refractivity contribution in [3.8, 4) is 11.8 Å². The molecule has 0 aromatic heterocycles. The second-order valence-electron chi connectivity index (χ2n) is 6.12. The number of benzene rings is 2.